The molecule has 2 aromatic rings. The standard InChI is InChI=1S/C19H23N3O4S/c1-13-5-8-15(11-18(13)27(24,25)22-9-3-2-4-10-22)20-19(23)16-12-17(26-21-16)14-6-7-14/h5,8,11-12,14H,2-4,6-7,9-10H2,1H3,(H,20,23). The summed E-state index contributed by atoms with van der Waals surface area (Å²) in [6.45, 7) is 2.85. The summed E-state index contributed by atoms with van der Waals surface area (Å²) >= 11 is 0. The molecule has 1 saturated carbocycles. The molecule has 2 aliphatic rings. The lowest BCUT2D eigenvalue weighted by Crippen LogP contribution is -2.36. The molecule has 7 nitrogen and oxygen atoms in total. The van der Waals surface area contributed by atoms with Crippen LogP contribution in [0.2, 0.25) is 0 Å². The van der Waals surface area contributed by atoms with Crippen LogP contribution in [-0.4, -0.2) is 36.9 Å². The first-order valence-corrected chi connectivity index (χ1v) is 10.8. The molecule has 0 radical (unpaired) electrons. The summed E-state index contributed by atoms with van der Waals surface area (Å²) in [6.07, 6.45) is 4.94. The second kappa shape index (κ2) is 7.09. The monoisotopic (exact) mass is 389 g/mol. The number of carbonyl (C=O) groups is 1. The summed E-state index contributed by atoms with van der Waals surface area (Å²) in [7, 11) is -3.57. The zero-order valence-electron chi connectivity index (χ0n) is 15.3. The second-order valence-corrected chi connectivity index (χ2v) is 9.19. The molecule has 144 valence electrons. The van der Waals surface area contributed by atoms with Gasteiger partial charge in [-0.2, -0.15) is 4.31 Å². The van der Waals surface area contributed by atoms with E-state index in [0.29, 0.717) is 30.3 Å². The van der Waals surface area contributed by atoms with Crippen molar-refractivity contribution in [1.29, 1.82) is 0 Å². The van der Waals surface area contributed by atoms with E-state index in [0.717, 1.165) is 37.9 Å². The maximum absolute atomic E-state index is 13.0. The van der Waals surface area contributed by atoms with Gasteiger partial charge in [-0.1, -0.05) is 17.6 Å². The molecule has 1 aliphatic carbocycles. The van der Waals surface area contributed by atoms with Crippen LogP contribution in [0.25, 0.3) is 0 Å². The Morgan fingerprint density at radius 2 is 1.93 bits per heavy atom. The van der Waals surface area contributed by atoms with E-state index in [4.69, 9.17) is 4.52 Å². The van der Waals surface area contributed by atoms with Crippen LogP contribution in [-0.2, 0) is 10.0 Å². The van der Waals surface area contributed by atoms with Crippen LogP contribution >= 0.6 is 0 Å². The number of sulfonamides is 1. The molecule has 8 heteroatoms. The minimum Gasteiger partial charge on any atom is -0.360 e. The largest absolute Gasteiger partial charge is 0.360 e. The number of nitrogens with one attached hydrogen (secondary N) is 1. The number of hydrogen-bond donors (Lipinski definition) is 1. The van der Waals surface area contributed by atoms with Crippen molar-refractivity contribution < 1.29 is 17.7 Å². The highest BCUT2D eigenvalue weighted by molar-refractivity contribution is 7.89. The molecular formula is C19H23N3O4S. The van der Waals surface area contributed by atoms with E-state index < -0.39 is 15.9 Å². The van der Waals surface area contributed by atoms with Gasteiger partial charge in [0, 0.05) is 30.8 Å². The second-order valence-electron chi connectivity index (χ2n) is 7.29. The number of carbonyl (C=O) groups excluding carboxylic acids is 1. The molecule has 1 aromatic carbocycles. The molecule has 1 aromatic heterocycles. The van der Waals surface area contributed by atoms with Gasteiger partial charge in [-0.25, -0.2) is 8.42 Å². The molecule has 2 fully saturated rings. The third-order valence-corrected chi connectivity index (χ3v) is 7.16. The van der Waals surface area contributed by atoms with Gasteiger partial charge in [-0.15, -0.1) is 0 Å². The molecular weight excluding hydrogens is 366 g/mol. The van der Waals surface area contributed by atoms with E-state index in [-0.39, 0.29) is 10.6 Å². The van der Waals surface area contributed by atoms with Crippen molar-refractivity contribution in [2.75, 3.05) is 18.4 Å². The van der Waals surface area contributed by atoms with Gasteiger partial charge in [0.15, 0.2) is 5.69 Å². The SMILES string of the molecule is Cc1ccc(NC(=O)c2cc(C3CC3)on2)cc1S(=O)(=O)N1CCCCC1. The first kappa shape index (κ1) is 18.2. The summed E-state index contributed by atoms with van der Waals surface area (Å²) in [5.74, 6) is 0.702. The zero-order valence-corrected chi connectivity index (χ0v) is 16.1. The quantitative estimate of drug-likeness (QED) is 0.847. The fourth-order valence-corrected chi connectivity index (χ4v) is 5.12. The maximum atomic E-state index is 13.0. The van der Waals surface area contributed by atoms with Crippen LogP contribution in [0.4, 0.5) is 5.69 Å². The molecule has 2 heterocycles. The van der Waals surface area contributed by atoms with Crippen molar-refractivity contribution in [3.05, 3.63) is 41.3 Å². The van der Waals surface area contributed by atoms with Crippen molar-refractivity contribution in [3.63, 3.8) is 0 Å². The molecule has 27 heavy (non-hydrogen) atoms. The predicted octanol–water partition coefficient (Wildman–Crippen LogP) is 3.29. The fourth-order valence-electron chi connectivity index (χ4n) is 3.35. The van der Waals surface area contributed by atoms with E-state index in [9.17, 15) is 13.2 Å². The van der Waals surface area contributed by atoms with Gasteiger partial charge < -0.3 is 9.84 Å². The first-order chi connectivity index (χ1) is 12.9. The highest BCUT2D eigenvalue weighted by atomic mass is 32.2. The highest BCUT2D eigenvalue weighted by Crippen LogP contribution is 2.40. The van der Waals surface area contributed by atoms with Gasteiger partial charge in [-0.05, 0) is 50.3 Å². The number of piperidine rings is 1. The maximum Gasteiger partial charge on any atom is 0.277 e. The van der Waals surface area contributed by atoms with Crippen LogP contribution in [0.5, 0.6) is 0 Å². The molecule has 1 N–H and O–H groups in total. The Balaban J connectivity index is 1.55. The number of anilines is 1. The van der Waals surface area contributed by atoms with Gasteiger partial charge in [-0.3, -0.25) is 4.79 Å². The van der Waals surface area contributed by atoms with Crippen LogP contribution in [0.3, 0.4) is 0 Å². The normalized spacial score (nSPS) is 18.4. The molecule has 0 atom stereocenters. The number of amides is 1. The minimum atomic E-state index is -3.57. The third kappa shape index (κ3) is 3.77. The van der Waals surface area contributed by atoms with Crippen molar-refractivity contribution in [3.8, 4) is 0 Å². The van der Waals surface area contributed by atoms with Crippen molar-refractivity contribution in [1.82, 2.24) is 9.46 Å². The Morgan fingerprint density at radius 1 is 1.19 bits per heavy atom. The van der Waals surface area contributed by atoms with Gasteiger partial charge in [0.2, 0.25) is 10.0 Å². The van der Waals surface area contributed by atoms with Crippen LogP contribution in [0.1, 0.15) is 59.8 Å². The zero-order chi connectivity index (χ0) is 19.0. The molecule has 0 bridgehead atoms. The lowest BCUT2D eigenvalue weighted by atomic mass is 10.2. The number of aryl methyl sites for hydroxylation is 1. The van der Waals surface area contributed by atoms with E-state index >= 15 is 0 Å². The summed E-state index contributed by atoms with van der Waals surface area (Å²) < 4.78 is 32.7. The molecule has 0 unspecified atom stereocenters. The first-order valence-electron chi connectivity index (χ1n) is 9.34. The topological polar surface area (TPSA) is 92.5 Å². The summed E-state index contributed by atoms with van der Waals surface area (Å²) in [5.41, 5.74) is 1.30. The predicted molar refractivity (Wildman–Crippen MR) is 100 cm³/mol. The van der Waals surface area contributed by atoms with E-state index in [2.05, 4.69) is 10.5 Å². The van der Waals surface area contributed by atoms with E-state index in [1.54, 1.807) is 25.1 Å². The Kier molecular flexibility index (Phi) is 4.77. The number of rotatable bonds is 5. The average Bonchev–Trinajstić information content (AvgIpc) is 3.40. The third-order valence-electron chi connectivity index (χ3n) is 5.12. The van der Waals surface area contributed by atoms with Crippen molar-refractivity contribution in [2.45, 2.75) is 49.8 Å². The summed E-state index contributed by atoms with van der Waals surface area (Å²) in [5, 5.41) is 6.55. The number of hydrogen-bond acceptors (Lipinski definition) is 5. The van der Waals surface area contributed by atoms with E-state index in [1.165, 1.54) is 10.4 Å². The van der Waals surface area contributed by atoms with Crippen LogP contribution < -0.4 is 5.32 Å². The lowest BCUT2D eigenvalue weighted by molar-refractivity contribution is 0.101. The fraction of sp³-hybridized carbons (Fsp3) is 0.474. The van der Waals surface area contributed by atoms with Crippen LogP contribution in [0, 0.1) is 6.92 Å². The van der Waals surface area contributed by atoms with E-state index in [1.807, 2.05) is 0 Å². The minimum absolute atomic E-state index is 0.206. The molecule has 4 rings (SSSR count). The lowest BCUT2D eigenvalue weighted by Gasteiger charge is -2.26. The highest BCUT2D eigenvalue weighted by Gasteiger charge is 2.30. The molecule has 1 amide bonds. The van der Waals surface area contributed by atoms with Gasteiger partial charge in [0.05, 0.1) is 4.90 Å². The van der Waals surface area contributed by atoms with Gasteiger partial charge >= 0.3 is 0 Å². The number of benzene rings is 1. The van der Waals surface area contributed by atoms with Gasteiger partial charge in [0.1, 0.15) is 5.76 Å². The molecule has 1 saturated heterocycles. The van der Waals surface area contributed by atoms with Gasteiger partial charge in [0.25, 0.3) is 5.91 Å². The van der Waals surface area contributed by atoms with Crippen LogP contribution in [0.15, 0.2) is 33.7 Å². The Bertz CT molecular complexity index is 957. The smallest absolute Gasteiger partial charge is 0.277 e. The van der Waals surface area contributed by atoms with Crippen molar-refractivity contribution >= 4 is 21.6 Å². The summed E-state index contributed by atoms with van der Waals surface area (Å²) in [4.78, 5) is 12.7. The average molecular weight is 389 g/mol. The molecule has 0 spiro atoms. The molecule has 1 aliphatic heterocycles. The number of nitrogens with zero attached hydrogens (tertiary/aromatic N) is 2. The Labute approximate surface area is 158 Å². The Hall–Kier alpha value is -2.19. The number of aromatic nitrogens is 1. The van der Waals surface area contributed by atoms with Crippen molar-refractivity contribution in [2.24, 2.45) is 0 Å². The Morgan fingerprint density at radius 3 is 2.63 bits per heavy atom. The summed E-state index contributed by atoms with van der Waals surface area (Å²) in [6, 6.07) is 6.60.